The lowest BCUT2D eigenvalue weighted by molar-refractivity contribution is 0.0342. The highest BCUT2D eigenvalue weighted by Crippen LogP contribution is 2.19. The summed E-state index contributed by atoms with van der Waals surface area (Å²) in [4.78, 5) is 2.33. The summed E-state index contributed by atoms with van der Waals surface area (Å²) in [5, 5.41) is 9.33. The lowest BCUT2D eigenvalue weighted by atomic mass is 10.1. The summed E-state index contributed by atoms with van der Waals surface area (Å²) in [5.41, 5.74) is 2.89. The van der Waals surface area contributed by atoms with Crippen molar-refractivity contribution in [3.05, 3.63) is 41.7 Å². The van der Waals surface area contributed by atoms with Gasteiger partial charge in [-0.05, 0) is 12.1 Å². The van der Waals surface area contributed by atoms with Crippen LogP contribution in [0.2, 0.25) is 0 Å². The van der Waals surface area contributed by atoms with Crippen LogP contribution in [0.15, 0.2) is 30.6 Å². The van der Waals surface area contributed by atoms with Gasteiger partial charge in [-0.1, -0.05) is 6.07 Å². The number of rotatable bonds is 2. The number of nitriles is 1. The van der Waals surface area contributed by atoms with E-state index in [-0.39, 0.29) is 0 Å². The Bertz CT molecular complexity index is 591. The first-order valence-corrected chi connectivity index (χ1v) is 6.17. The fourth-order valence-electron chi connectivity index (χ4n) is 2.43. The molecule has 0 N–H and O–H groups in total. The molecular formula is C14H15N3O. The zero-order chi connectivity index (χ0) is 12.4. The van der Waals surface area contributed by atoms with Crippen LogP contribution in [-0.2, 0) is 11.3 Å². The van der Waals surface area contributed by atoms with Gasteiger partial charge in [-0.15, -0.1) is 0 Å². The number of hydrogen-bond acceptors (Lipinski definition) is 3. The minimum absolute atomic E-state index is 0.787. The molecule has 18 heavy (non-hydrogen) atoms. The minimum Gasteiger partial charge on any atom is -0.379 e. The van der Waals surface area contributed by atoms with E-state index in [1.165, 1.54) is 0 Å². The van der Waals surface area contributed by atoms with E-state index in [1.54, 1.807) is 0 Å². The molecule has 2 aromatic heterocycles. The highest BCUT2D eigenvalue weighted by molar-refractivity contribution is 5.65. The Morgan fingerprint density at radius 3 is 2.89 bits per heavy atom. The number of hydrogen-bond donors (Lipinski definition) is 0. The van der Waals surface area contributed by atoms with Gasteiger partial charge in [-0.3, -0.25) is 4.90 Å². The third kappa shape index (κ3) is 1.99. The largest absolute Gasteiger partial charge is 0.379 e. The number of pyridine rings is 1. The van der Waals surface area contributed by atoms with Crippen molar-refractivity contribution in [1.29, 1.82) is 5.26 Å². The van der Waals surface area contributed by atoms with E-state index in [2.05, 4.69) is 17.2 Å². The Morgan fingerprint density at radius 2 is 2.11 bits per heavy atom. The molecule has 0 spiro atoms. The lowest BCUT2D eigenvalue weighted by Gasteiger charge is -2.26. The van der Waals surface area contributed by atoms with Gasteiger partial charge in [0, 0.05) is 37.6 Å². The Balaban J connectivity index is 1.93. The molecule has 0 aromatic carbocycles. The third-order valence-corrected chi connectivity index (χ3v) is 3.37. The van der Waals surface area contributed by atoms with Crippen LogP contribution in [0.5, 0.6) is 0 Å². The maximum atomic E-state index is 9.33. The molecule has 92 valence electrons. The standard InChI is InChI=1S/C14H15N3O/c15-9-13-12(10-16-5-7-18-8-6-16)11-17-4-2-1-3-14(13)17/h1-4,11H,5-8,10H2. The van der Waals surface area contributed by atoms with Crippen LogP contribution >= 0.6 is 0 Å². The molecule has 0 bridgehead atoms. The minimum atomic E-state index is 0.787. The molecule has 0 saturated carbocycles. The van der Waals surface area contributed by atoms with Gasteiger partial charge < -0.3 is 9.14 Å². The van der Waals surface area contributed by atoms with Crippen LogP contribution in [-0.4, -0.2) is 35.6 Å². The Labute approximate surface area is 106 Å². The molecule has 0 amide bonds. The molecule has 0 radical (unpaired) electrons. The van der Waals surface area contributed by atoms with E-state index in [4.69, 9.17) is 4.74 Å². The number of ether oxygens (including phenoxy) is 1. The molecule has 1 fully saturated rings. The highest BCUT2D eigenvalue weighted by atomic mass is 16.5. The summed E-state index contributed by atoms with van der Waals surface area (Å²) in [6, 6.07) is 8.26. The molecular weight excluding hydrogens is 226 g/mol. The highest BCUT2D eigenvalue weighted by Gasteiger charge is 2.15. The van der Waals surface area contributed by atoms with Crippen molar-refractivity contribution in [3.63, 3.8) is 0 Å². The first-order chi connectivity index (χ1) is 8.88. The molecule has 0 unspecified atom stereocenters. The lowest BCUT2D eigenvalue weighted by Crippen LogP contribution is -2.35. The van der Waals surface area contributed by atoms with Gasteiger partial charge in [-0.2, -0.15) is 5.26 Å². The van der Waals surface area contributed by atoms with E-state index in [9.17, 15) is 5.26 Å². The van der Waals surface area contributed by atoms with E-state index >= 15 is 0 Å². The summed E-state index contributed by atoms with van der Waals surface area (Å²) in [5.74, 6) is 0. The van der Waals surface area contributed by atoms with Gasteiger partial charge in [0.25, 0.3) is 0 Å². The van der Waals surface area contributed by atoms with E-state index in [1.807, 2.05) is 28.8 Å². The first kappa shape index (κ1) is 11.3. The Morgan fingerprint density at radius 1 is 1.28 bits per heavy atom. The van der Waals surface area contributed by atoms with Gasteiger partial charge in [0.05, 0.1) is 24.3 Å². The molecule has 3 rings (SSSR count). The van der Waals surface area contributed by atoms with Crippen LogP contribution in [0.4, 0.5) is 0 Å². The number of morpholine rings is 1. The third-order valence-electron chi connectivity index (χ3n) is 3.37. The zero-order valence-electron chi connectivity index (χ0n) is 10.2. The van der Waals surface area contributed by atoms with Crippen molar-refractivity contribution in [2.45, 2.75) is 6.54 Å². The summed E-state index contributed by atoms with van der Waals surface area (Å²) >= 11 is 0. The summed E-state index contributed by atoms with van der Waals surface area (Å²) in [7, 11) is 0. The predicted molar refractivity (Wildman–Crippen MR) is 68.2 cm³/mol. The number of fused-ring (bicyclic) bond motifs is 1. The monoisotopic (exact) mass is 241 g/mol. The summed E-state index contributed by atoms with van der Waals surface area (Å²) < 4.78 is 7.36. The summed E-state index contributed by atoms with van der Waals surface area (Å²) in [6.07, 6.45) is 4.04. The topological polar surface area (TPSA) is 40.7 Å². The fraction of sp³-hybridized carbons (Fsp3) is 0.357. The summed E-state index contributed by atoms with van der Waals surface area (Å²) in [6.45, 7) is 4.28. The second-order valence-corrected chi connectivity index (χ2v) is 4.52. The molecule has 1 saturated heterocycles. The second kappa shape index (κ2) is 4.81. The second-order valence-electron chi connectivity index (χ2n) is 4.52. The van der Waals surface area contributed by atoms with Crippen LogP contribution in [0.25, 0.3) is 5.52 Å². The van der Waals surface area contributed by atoms with Gasteiger partial charge in [0.15, 0.2) is 0 Å². The van der Waals surface area contributed by atoms with Gasteiger partial charge in [0.1, 0.15) is 6.07 Å². The normalized spacial score (nSPS) is 16.8. The Kier molecular flexibility index (Phi) is 3.01. The van der Waals surface area contributed by atoms with Crippen molar-refractivity contribution in [1.82, 2.24) is 9.30 Å². The van der Waals surface area contributed by atoms with Crippen LogP contribution in [0, 0.1) is 11.3 Å². The average molecular weight is 241 g/mol. The average Bonchev–Trinajstić information content (AvgIpc) is 2.77. The van der Waals surface area contributed by atoms with Crippen LogP contribution in [0.1, 0.15) is 11.1 Å². The smallest absolute Gasteiger partial charge is 0.102 e. The van der Waals surface area contributed by atoms with E-state index in [0.717, 1.165) is 49.5 Å². The van der Waals surface area contributed by atoms with Crippen LogP contribution in [0.3, 0.4) is 0 Å². The quantitative estimate of drug-likeness (QED) is 0.802. The molecule has 2 aromatic rings. The van der Waals surface area contributed by atoms with Crippen molar-refractivity contribution >= 4 is 5.52 Å². The number of aromatic nitrogens is 1. The van der Waals surface area contributed by atoms with Gasteiger partial charge >= 0.3 is 0 Å². The van der Waals surface area contributed by atoms with Crippen LogP contribution < -0.4 is 0 Å². The predicted octanol–water partition coefficient (Wildman–Crippen LogP) is 1.64. The Hall–Kier alpha value is -1.83. The van der Waals surface area contributed by atoms with Gasteiger partial charge in [-0.25, -0.2) is 0 Å². The molecule has 4 nitrogen and oxygen atoms in total. The number of nitrogens with zero attached hydrogens (tertiary/aromatic N) is 3. The van der Waals surface area contributed by atoms with Gasteiger partial charge in [0.2, 0.25) is 0 Å². The van der Waals surface area contributed by atoms with Crippen molar-refractivity contribution in [2.75, 3.05) is 26.3 Å². The van der Waals surface area contributed by atoms with E-state index in [0.29, 0.717) is 0 Å². The molecule has 1 aliphatic heterocycles. The molecule has 0 aliphatic carbocycles. The maximum absolute atomic E-state index is 9.33. The molecule has 1 aliphatic rings. The fourth-order valence-corrected chi connectivity index (χ4v) is 2.43. The maximum Gasteiger partial charge on any atom is 0.102 e. The first-order valence-electron chi connectivity index (χ1n) is 6.17. The van der Waals surface area contributed by atoms with Crippen molar-refractivity contribution in [2.24, 2.45) is 0 Å². The van der Waals surface area contributed by atoms with Crippen molar-refractivity contribution < 1.29 is 4.74 Å². The molecule has 4 heteroatoms. The van der Waals surface area contributed by atoms with Crippen molar-refractivity contribution in [3.8, 4) is 6.07 Å². The molecule has 3 heterocycles. The SMILES string of the molecule is N#Cc1c(CN2CCOCC2)cn2ccccc12. The van der Waals surface area contributed by atoms with E-state index < -0.39 is 0 Å². The molecule has 0 atom stereocenters. The zero-order valence-corrected chi connectivity index (χ0v) is 10.2.